The van der Waals surface area contributed by atoms with E-state index >= 15 is 0 Å². The minimum Gasteiger partial charge on any atom is -0.370 e. The molecule has 0 spiro atoms. The lowest BCUT2D eigenvalue weighted by Gasteiger charge is -2.27. The van der Waals surface area contributed by atoms with Crippen molar-refractivity contribution in [3.8, 4) is 0 Å². The molecule has 1 unspecified atom stereocenters. The molecule has 23 heavy (non-hydrogen) atoms. The van der Waals surface area contributed by atoms with E-state index in [-0.39, 0.29) is 11.9 Å². The standard InChI is InChI=1S/C20H26N2O/c1-4-16-11-10-14-18(15-16)21-19(17-12-8-7-9-13-17)20(23)22(5-2)6-3/h7-15,19,21H,4-6H2,1-3H3. The molecule has 122 valence electrons. The monoisotopic (exact) mass is 310 g/mol. The highest BCUT2D eigenvalue weighted by atomic mass is 16.2. The van der Waals surface area contributed by atoms with Crippen LogP contribution in [0.2, 0.25) is 0 Å². The van der Waals surface area contributed by atoms with E-state index in [1.165, 1.54) is 5.56 Å². The summed E-state index contributed by atoms with van der Waals surface area (Å²) in [5.74, 6) is 0.114. The number of carbonyl (C=O) groups excluding carboxylic acids is 1. The summed E-state index contributed by atoms with van der Waals surface area (Å²) in [6.45, 7) is 7.60. The van der Waals surface area contributed by atoms with E-state index in [4.69, 9.17) is 0 Å². The number of rotatable bonds is 7. The minimum absolute atomic E-state index is 0.114. The molecular weight excluding hydrogens is 284 g/mol. The van der Waals surface area contributed by atoms with Gasteiger partial charge in [-0.3, -0.25) is 4.79 Å². The Bertz CT molecular complexity index is 621. The van der Waals surface area contributed by atoms with Crippen LogP contribution in [0.15, 0.2) is 54.6 Å². The number of hydrogen-bond donors (Lipinski definition) is 1. The molecule has 3 nitrogen and oxygen atoms in total. The quantitative estimate of drug-likeness (QED) is 0.828. The fourth-order valence-electron chi connectivity index (χ4n) is 2.70. The first-order chi connectivity index (χ1) is 11.2. The average Bonchev–Trinajstić information content (AvgIpc) is 2.61. The second-order valence-corrected chi connectivity index (χ2v) is 5.55. The number of carbonyl (C=O) groups is 1. The van der Waals surface area contributed by atoms with Gasteiger partial charge in [-0.15, -0.1) is 0 Å². The van der Waals surface area contributed by atoms with Crippen molar-refractivity contribution in [1.29, 1.82) is 0 Å². The van der Waals surface area contributed by atoms with Crippen LogP contribution >= 0.6 is 0 Å². The van der Waals surface area contributed by atoms with Gasteiger partial charge in [-0.2, -0.15) is 0 Å². The van der Waals surface area contributed by atoms with Gasteiger partial charge in [0.2, 0.25) is 5.91 Å². The van der Waals surface area contributed by atoms with Crippen LogP contribution in [-0.2, 0) is 11.2 Å². The van der Waals surface area contributed by atoms with Crippen molar-refractivity contribution in [1.82, 2.24) is 4.90 Å². The summed E-state index contributed by atoms with van der Waals surface area (Å²) in [6.07, 6.45) is 0.982. The minimum atomic E-state index is -0.358. The number of anilines is 1. The predicted molar refractivity (Wildman–Crippen MR) is 96.6 cm³/mol. The maximum atomic E-state index is 12.9. The number of benzene rings is 2. The second kappa shape index (κ2) is 8.37. The van der Waals surface area contributed by atoms with Gasteiger partial charge in [-0.1, -0.05) is 49.4 Å². The van der Waals surface area contributed by atoms with Gasteiger partial charge in [-0.05, 0) is 43.5 Å². The number of nitrogens with zero attached hydrogens (tertiary/aromatic N) is 1. The van der Waals surface area contributed by atoms with Crippen LogP contribution in [-0.4, -0.2) is 23.9 Å². The zero-order chi connectivity index (χ0) is 16.7. The summed E-state index contributed by atoms with van der Waals surface area (Å²) < 4.78 is 0. The van der Waals surface area contributed by atoms with Crippen molar-refractivity contribution in [2.45, 2.75) is 33.2 Å². The molecule has 0 aliphatic carbocycles. The lowest BCUT2D eigenvalue weighted by atomic mass is 10.0. The Morgan fingerprint density at radius 1 is 1.00 bits per heavy atom. The molecule has 0 radical (unpaired) electrons. The smallest absolute Gasteiger partial charge is 0.249 e. The van der Waals surface area contributed by atoms with Crippen LogP contribution in [0.4, 0.5) is 5.69 Å². The van der Waals surface area contributed by atoms with Gasteiger partial charge < -0.3 is 10.2 Å². The Balaban J connectivity index is 2.31. The first-order valence-corrected chi connectivity index (χ1v) is 8.38. The van der Waals surface area contributed by atoms with Crippen LogP contribution in [0, 0.1) is 0 Å². The maximum Gasteiger partial charge on any atom is 0.249 e. The summed E-state index contributed by atoms with van der Waals surface area (Å²) >= 11 is 0. The molecule has 0 aromatic heterocycles. The molecule has 1 atom stereocenters. The SMILES string of the molecule is CCc1cccc(NC(C(=O)N(CC)CC)c2ccccc2)c1. The van der Waals surface area contributed by atoms with Crippen molar-refractivity contribution in [3.63, 3.8) is 0 Å². The van der Waals surface area contributed by atoms with Crippen LogP contribution in [0.5, 0.6) is 0 Å². The highest BCUT2D eigenvalue weighted by molar-refractivity contribution is 5.86. The van der Waals surface area contributed by atoms with Crippen LogP contribution in [0.3, 0.4) is 0 Å². The van der Waals surface area contributed by atoms with Crippen molar-refractivity contribution in [2.24, 2.45) is 0 Å². The number of nitrogens with one attached hydrogen (secondary N) is 1. The molecule has 0 heterocycles. The van der Waals surface area contributed by atoms with Gasteiger partial charge in [0.15, 0.2) is 0 Å². The topological polar surface area (TPSA) is 32.3 Å². The van der Waals surface area contributed by atoms with Gasteiger partial charge in [0, 0.05) is 18.8 Å². The Hall–Kier alpha value is -2.29. The van der Waals surface area contributed by atoms with Crippen molar-refractivity contribution in [2.75, 3.05) is 18.4 Å². The lowest BCUT2D eigenvalue weighted by Crippen LogP contribution is -2.37. The largest absolute Gasteiger partial charge is 0.370 e. The van der Waals surface area contributed by atoms with Crippen LogP contribution in [0.25, 0.3) is 0 Å². The third kappa shape index (κ3) is 4.35. The molecule has 3 heteroatoms. The van der Waals surface area contributed by atoms with Crippen LogP contribution < -0.4 is 5.32 Å². The Kier molecular flexibility index (Phi) is 6.21. The highest BCUT2D eigenvalue weighted by Crippen LogP contribution is 2.23. The summed E-state index contributed by atoms with van der Waals surface area (Å²) in [5, 5.41) is 3.43. The third-order valence-electron chi connectivity index (χ3n) is 4.10. The molecule has 0 saturated carbocycles. The number of amides is 1. The summed E-state index contributed by atoms with van der Waals surface area (Å²) in [7, 11) is 0. The molecule has 2 aromatic rings. The third-order valence-corrected chi connectivity index (χ3v) is 4.10. The van der Waals surface area contributed by atoms with Gasteiger partial charge >= 0.3 is 0 Å². The Morgan fingerprint density at radius 3 is 2.30 bits per heavy atom. The van der Waals surface area contributed by atoms with E-state index < -0.39 is 0 Å². The predicted octanol–water partition coefficient (Wildman–Crippen LogP) is 4.27. The van der Waals surface area contributed by atoms with Gasteiger partial charge in [0.25, 0.3) is 0 Å². The molecule has 2 rings (SSSR count). The van der Waals surface area contributed by atoms with E-state index in [0.717, 1.165) is 30.8 Å². The number of hydrogen-bond acceptors (Lipinski definition) is 2. The Morgan fingerprint density at radius 2 is 1.70 bits per heavy atom. The van der Waals surface area contributed by atoms with E-state index in [0.29, 0.717) is 0 Å². The molecule has 0 aliphatic heterocycles. The molecule has 0 fully saturated rings. The molecule has 1 amide bonds. The summed E-state index contributed by atoms with van der Waals surface area (Å²) in [4.78, 5) is 14.8. The fourth-order valence-corrected chi connectivity index (χ4v) is 2.70. The maximum absolute atomic E-state index is 12.9. The fraction of sp³-hybridized carbons (Fsp3) is 0.350. The lowest BCUT2D eigenvalue weighted by molar-refractivity contribution is -0.131. The Labute approximate surface area is 139 Å². The molecule has 0 aliphatic rings. The number of likely N-dealkylation sites (N-methyl/N-ethyl adjacent to an activating group) is 1. The molecule has 2 aromatic carbocycles. The van der Waals surface area contributed by atoms with E-state index in [1.54, 1.807) is 0 Å². The van der Waals surface area contributed by atoms with Crippen molar-refractivity contribution < 1.29 is 4.79 Å². The normalized spacial score (nSPS) is 11.8. The molecular formula is C20H26N2O. The molecule has 1 N–H and O–H groups in total. The van der Waals surface area contributed by atoms with Gasteiger partial charge in [-0.25, -0.2) is 0 Å². The number of aryl methyl sites for hydroxylation is 1. The summed E-state index contributed by atoms with van der Waals surface area (Å²) in [5.41, 5.74) is 3.24. The summed E-state index contributed by atoms with van der Waals surface area (Å²) in [6, 6.07) is 17.8. The van der Waals surface area contributed by atoms with Gasteiger partial charge in [0.05, 0.1) is 0 Å². The van der Waals surface area contributed by atoms with E-state index in [9.17, 15) is 4.79 Å². The van der Waals surface area contributed by atoms with Crippen molar-refractivity contribution in [3.05, 3.63) is 65.7 Å². The first-order valence-electron chi connectivity index (χ1n) is 8.38. The average molecular weight is 310 g/mol. The zero-order valence-electron chi connectivity index (χ0n) is 14.3. The van der Waals surface area contributed by atoms with E-state index in [2.05, 4.69) is 24.4 Å². The molecule has 0 saturated heterocycles. The second-order valence-electron chi connectivity index (χ2n) is 5.55. The zero-order valence-corrected chi connectivity index (χ0v) is 14.3. The van der Waals surface area contributed by atoms with Crippen molar-refractivity contribution >= 4 is 11.6 Å². The van der Waals surface area contributed by atoms with Gasteiger partial charge in [0.1, 0.15) is 6.04 Å². The van der Waals surface area contributed by atoms with Crippen LogP contribution in [0.1, 0.15) is 37.9 Å². The molecule has 0 bridgehead atoms. The first kappa shape index (κ1) is 17.1. The van der Waals surface area contributed by atoms with E-state index in [1.807, 2.05) is 61.2 Å². The highest BCUT2D eigenvalue weighted by Gasteiger charge is 2.24.